The number of carbonyl (C=O) groups excluding carboxylic acids is 1. The van der Waals surface area contributed by atoms with E-state index in [2.05, 4.69) is 15.2 Å². The molecule has 1 aromatic rings. The minimum Gasteiger partial charge on any atom is -0.365 e. The molecule has 2 heterocycles. The van der Waals surface area contributed by atoms with Gasteiger partial charge < -0.3 is 15.1 Å². The van der Waals surface area contributed by atoms with Gasteiger partial charge in [-0.05, 0) is 32.9 Å². The van der Waals surface area contributed by atoms with E-state index in [-0.39, 0.29) is 5.91 Å². The molecule has 1 aromatic heterocycles. The minimum absolute atomic E-state index is 0.0820. The maximum Gasteiger partial charge on any atom is 0.265 e. The van der Waals surface area contributed by atoms with E-state index < -0.39 is 0 Å². The van der Waals surface area contributed by atoms with Gasteiger partial charge in [-0.2, -0.15) is 0 Å². The number of hydrogen-bond donors (Lipinski definition) is 1. The standard InChI is InChI=1S/C14H24N4OS/c1-11-12(20-14(15-2)16-11)13(19)17(3)9-10-18-7-5-4-6-8-18/h4-10H2,1-3H3,(H,15,16). The van der Waals surface area contributed by atoms with Crippen LogP contribution in [0, 0.1) is 6.92 Å². The number of anilines is 1. The second kappa shape index (κ2) is 7.04. The van der Waals surface area contributed by atoms with Crippen LogP contribution in [-0.2, 0) is 0 Å². The normalized spacial score (nSPS) is 16.1. The van der Waals surface area contributed by atoms with Crippen molar-refractivity contribution in [3.63, 3.8) is 0 Å². The molecule has 2 rings (SSSR count). The predicted octanol–water partition coefficient (Wildman–Crippen LogP) is 2.05. The van der Waals surface area contributed by atoms with E-state index >= 15 is 0 Å². The van der Waals surface area contributed by atoms with Crippen molar-refractivity contribution in [3.8, 4) is 0 Å². The van der Waals surface area contributed by atoms with Gasteiger partial charge in [0.05, 0.1) is 5.69 Å². The van der Waals surface area contributed by atoms with Crippen LogP contribution in [0.3, 0.4) is 0 Å². The average molecular weight is 296 g/mol. The van der Waals surface area contributed by atoms with Gasteiger partial charge in [-0.15, -0.1) is 0 Å². The SMILES string of the molecule is CNc1nc(C)c(C(=O)N(C)CCN2CCCCC2)s1. The lowest BCUT2D eigenvalue weighted by molar-refractivity contribution is 0.0776. The number of rotatable bonds is 5. The zero-order valence-corrected chi connectivity index (χ0v) is 13.4. The first-order valence-electron chi connectivity index (χ1n) is 7.25. The topological polar surface area (TPSA) is 48.5 Å². The smallest absolute Gasteiger partial charge is 0.265 e. The van der Waals surface area contributed by atoms with Gasteiger partial charge in [0, 0.05) is 27.2 Å². The number of thiazole rings is 1. The van der Waals surface area contributed by atoms with Crippen LogP contribution in [0.2, 0.25) is 0 Å². The lowest BCUT2D eigenvalue weighted by Gasteiger charge is -2.28. The summed E-state index contributed by atoms with van der Waals surface area (Å²) in [5.41, 5.74) is 0.814. The molecule has 0 saturated carbocycles. The van der Waals surface area contributed by atoms with Crippen LogP contribution < -0.4 is 5.32 Å². The van der Waals surface area contributed by atoms with E-state index in [9.17, 15) is 4.79 Å². The largest absolute Gasteiger partial charge is 0.365 e. The summed E-state index contributed by atoms with van der Waals surface area (Å²) in [6.07, 6.45) is 3.92. The maximum absolute atomic E-state index is 12.4. The summed E-state index contributed by atoms with van der Waals surface area (Å²) in [5.74, 6) is 0.0820. The molecule has 0 spiro atoms. The van der Waals surface area contributed by atoms with Crippen molar-refractivity contribution >= 4 is 22.4 Å². The van der Waals surface area contributed by atoms with E-state index in [1.807, 2.05) is 25.9 Å². The summed E-state index contributed by atoms with van der Waals surface area (Å²) in [6, 6.07) is 0. The van der Waals surface area contributed by atoms with Gasteiger partial charge in [0.25, 0.3) is 5.91 Å². The van der Waals surface area contributed by atoms with E-state index in [0.29, 0.717) is 0 Å². The Hall–Kier alpha value is -1.14. The fourth-order valence-electron chi connectivity index (χ4n) is 2.45. The molecule has 5 nitrogen and oxygen atoms in total. The summed E-state index contributed by atoms with van der Waals surface area (Å²) >= 11 is 1.43. The summed E-state index contributed by atoms with van der Waals surface area (Å²) in [6.45, 7) is 5.99. The van der Waals surface area contributed by atoms with Crippen LogP contribution in [0.1, 0.15) is 34.6 Å². The lowest BCUT2D eigenvalue weighted by atomic mass is 10.1. The Kier molecular flexibility index (Phi) is 5.37. The molecule has 1 N–H and O–H groups in total. The minimum atomic E-state index is 0.0820. The fraction of sp³-hybridized carbons (Fsp3) is 0.714. The molecule has 1 saturated heterocycles. The molecule has 6 heteroatoms. The molecule has 112 valence electrons. The Bertz CT molecular complexity index is 454. The number of hydrogen-bond acceptors (Lipinski definition) is 5. The van der Waals surface area contributed by atoms with Crippen molar-refractivity contribution < 1.29 is 4.79 Å². The molecular weight excluding hydrogens is 272 g/mol. The quantitative estimate of drug-likeness (QED) is 0.903. The number of nitrogens with zero attached hydrogens (tertiary/aromatic N) is 3. The van der Waals surface area contributed by atoms with Gasteiger partial charge in [-0.25, -0.2) is 4.98 Å². The molecule has 1 amide bonds. The van der Waals surface area contributed by atoms with E-state index in [1.54, 1.807) is 0 Å². The van der Waals surface area contributed by atoms with Crippen molar-refractivity contribution in [1.29, 1.82) is 0 Å². The van der Waals surface area contributed by atoms with Crippen molar-refractivity contribution in [2.24, 2.45) is 0 Å². The number of amides is 1. The third kappa shape index (κ3) is 3.70. The molecule has 1 aliphatic rings. The van der Waals surface area contributed by atoms with Crippen LogP contribution in [-0.4, -0.2) is 61.0 Å². The Balaban J connectivity index is 1.88. The van der Waals surface area contributed by atoms with Crippen molar-refractivity contribution in [2.75, 3.05) is 45.6 Å². The van der Waals surface area contributed by atoms with Crippen LogP contribution in [0.5, 0.6) is 0 Å². The van der Waals surface area contributed by atoms with Crippen molar-refractivity contribution in [1.82, 2.24) is 14.8 Å². The summed E-state index contributed by atoms with van der Waals surface area (Å²) in [5, 5.41) is 3.80. The van der Waals surface area contributed by atoms with Crippen molar-refractivity contribution in [2.45, 2.75) is 26.2 Å². The van der Waals surface area contributed by atoms with Gasteiger partial charge >= 0.3 is 0 Å². The number of carbonyl (C=O) groups is 1. The van der Waals surface area contributed by atoms with Crippen LogP contribution in [0.15, 0.2) is 0 Å². The summed E-state index contributed by atoms with van der Waals surface area (Å²) in [4.78, 5) is 21.8. The Morgan fingerprint density at radius 3 is 2.70 bits per heavy atom. The summed E-state index contributed by atoms with van der Waals surface area (Å²) < 4.78 is 0. The highest BCUT2D eigenvalue weighted by Gasteiger charge is 2.19. The molecule has 0 bridgehead atoms. The number of nitrogens with one attached hydrogen (secondary N) is 1. The molecule has 20 heavy (non-hydrogen) atoms. The van der Waals surface area contributed by atoms with Crippen LogP contribution in [0.25, 0.3) is 0 Å². The third-order valence-electron chi connectivity index (χ3n) is 3.75. The highest BCUT2D eigenvalue weighted by molar-refractivity contribution is 7.17. The number of likely N-dealkylation sites (tertiary alicyclic amines) is 1. The van der Waals surface area contributed by atoms with Gasteiger partial charge in [0.2, 0.25) is 0 Å². The molecule has 0 radical (unpaired) electrons. The van der Waals surface area contributed by atoms with Gasteiger partial charge in [-0.1, -0.05) is 17.8 Å². The zero-order valence-electron chi connectivity index (χ0n) is 12.6. The second-order valence-electron chi connectivity index (χ2n) is 5.31. The van der Waals surface area contributed by atoms with Gasteiger partial charge in [0.1, 0.15) is 4.88 Å². The van der Waals surface area contributed by atoms with Crippen LogP contribution >= 0.6 is 11.3 Å². The molecular formula is C14H24N4OS. The molecule has 0 unspecified atom stereocenters. The highest BCUT2D eigenvalue weighted by Crippen LogP contribution is 2.23. The Labute approximate surface area is 125 Å². The van der Waals surface area contributed by atoms with Crippen LogP contribution in [0.4, 0.5) is 5.13 Å². The number of piperidine rings is 1. The first kappa shape index (κ1) is 15.3. The van der Waals surface area contributed by atoms with E-state index in [0.717, 1.165) is 28.8 Å². The Morgan fingerprint density at radius 1 is 1.40 bits per heavy atom. The van der Waals surface area contributed by atoms with Gasteiger partial charge in [-0.3, -0.25) is 4.79 Å². The maximum atomic E-state index is 12.4. The monoisotopic (exact) mass is 296 g/mol. The first-order chi connectivity index (χ1) is 9.61. The molecule has 1 fully saturated rings. The molecule has 0 atom stereocenters. The Morgan fingerprint density at radius 2 is 2.10 bits per heavy atom. The molecule has 0 aromatic carbocycles. The highest BCUT2D eigenvalue weighted by atomic mass is 32.1. The number of likely N-dealkylation sites (N-methyl/N-ethyl adjacent to an activating group) is 1. The summed E-state index contributed by atoms with van der Waals surface area (Å²) in [7, 11) is 3.71. The van der Waals surface area contributed by atoms with E-state index in [1.165, 1.54) is 43.7 Å². The number of aromatic nitrogens is 1. The molecule has 0 aliphatic carbocycles. The fourth-order valence-corrected chi connectivity index (χ4v) is 3.37. The zero-order chi connectivity index (χ0) is 14.5. The van der Waals surface area contributed by atoms with E-state index in [4.69, 9.17) is 0 Å². The first-order valence-corrected chi connectivity index (χ1v) is 8.06. The van der Waals surface area contributed by atoms with Gasteiger partial charge in [0.15, 0.2) is 5.13 Å². The average Bonchev–Trinajstić information content (AvgIpc) is 2.86. The predicted molar refractivity (Wildman–Crippen MR) is 83.6 cm³/mol. The third-order valence-corrected chi connectivity index (χ3v) is 4.91. The lowest BCUT2D eigenvalue weighted by Crippen LogP contribution is -2.38. The number of aryl methyl sites for hydroxylation is 1. The van der Waals surface area contributed by atoms with Crippen molar-refractivity contribution in [3.05, 3.63) is 10.6 Å². The second-order valence-corrected chi connectivity index (χ2v) is 6.31. The molecule has 1 aliphatic heterocycles.